The molecule has 1 aromatic rings. The molecule has 1 aromatic carbocycles. The molecule has 2 aliphatic heterocycles. The Labute approximate surface area is 144 Å². The normalized spacial score (nSPS) is 24.5. The lowest BCUT2D eigenvalue weighted by molar-refractivity contribution is 0.100. The van der Waals surface area contributed by atoms with Crippen LogP contribution in [0.15, 0.2) is 24.3 Å². The molecule has 2 heterocycles. The number of nitrogens with zero attached hydrogens (tertiary/aromatic N) is 2. The molecule has 0 unspecified atom stereocenters. The number of ether oxygens (including phenoxy) is 1. The number of sulfone groups is 1. The highest BCUT2D eigenvalue weighted by Gasteiger charge is 2.33. The summed E-state index contributed by atoms with van der Waals surface area (Å²) in [6.45, 7) is 5.05. The molecule has 24 heavy (non-hydrogen) atoms. The third-order valence-electron chi connectivity index (χ3n) is 4.78. The van der Waals surface area contributed by atoms with E-state index >= 15 is 0 Å². The molecule has 2 aliphatic rings. The summed E-state index contributed by atoms with van der Waals surface area (Å²) < 4.78 is 28.6. The molecular weight excluding hydrogens is 324 g/mol. The maximum absolute atomic E-state index is 11.6. The summed E-state index contributed by atoms with van der Waals surface area (Å²) in [6, 6.07) is 8.27. The molecule has 0 N–H and O–H groups in total. The number of hydrogen-bond acceptors (Lipinski definition) is 5. The van der Waals surface area contributed by atoms with Crippen LogP contribution >= 0.6 is 0 Å². The zero-order valence-electron chi connectivity index (χ0n) is 13.9. The lowest BCUT2D eigenvalue weighted by atomic mass is 10.1. The smallest absolute Gasteiger partial charge is 0.151 e. The number of benzene rings is 1. The molecule has 0 amide bonds. The van der Waals surface area contributed by atoms with E-state index < -0.39 is 9.84 Å². The SMILES string of the molecule is C#CCOc1ccc(CN2CCN([C@@H]3CCS(=O)(=O)C3)CC2)cc1. The second-order valence-electron chi connectivity index (χ2n) is 6.51. The molecule has 6 heteroatoms. The van der Waals surface area contributed by atoms with E-state index in [1.54, 1.807) is 0 Å². The highest BCUT2D eigenvalue weighted by molar-refractivity contribution is 7.91. The van der Waals surface area contributed by atoms with Crippen LogP contribution < -0.4 is 4.74 Å². The van der Waals surface area contributed by atoms with Gasteiger partial charge in [0.25, 0.3) is 0 Å². The van der Waals surface area contributed by atoms with Gasteiger partial charge < -0.3 is 4.74 Å². The number of rotatable bonds is 5. The summed E-state index contributed by atoms with van der Waals surface area (Å²) in [4.78, 5) is 4.76. The number of hydrogen-bond donors (Lipinski definition) is 0. The van der Waals surface area contributed by atoms with Gasteiger partial charge in [-0.05, 0) is 24.1 Å². The number of terminal acetylenes is 1. The minimum absolute atomic E-state index is 0.227. The standard InChI is InChI=1S/C18H24N2O3S/c1-2-12-23-18-5-3-16(4-6-18)14-19-8-10-20(11-9-19)17-7-13-24(21,22)15-17/h1,3-6,17H,7-15H2/t17-/m1/s1. The van der Waals surface area contributed by atoms with Crippen molar-refractivity contribution in [2.75, 3.05) is 44.3 Å². The largest absolute Gasteiger partial charge is 0.481 e. The first-order valence-corrected chi connectivity index (χ1v) is 10.2. The van der Waals surface area contributed by atoms with Gasteiger partial charge in [-0.2, -0.15) is 0 Å². The predicted molar refractivity (Wildman–Crippen MR) is 94.7 cm³/mol. The van der Waals surface area contributed by atoms with Gasteiger partial charge in [0, 0.05) is 38.8 Å². The quantitative estimate of drug-likeness (QED) is 0.743. The van der Waals surface area contributed by atoms with Crippen molar-refractivity contribution in [2.45, 2.75) is 19.0 Å². The van der Waals surface area contributed by atoms with E-state index in [2.05, 4.69) is 27.9 Å². The van der Waals surface area contributed by atoms with Gasteiger partial charge in [-0.3, -0.25) is 9.80 Å². The van der Waals surface area contributed by atoms with E-state index in [-0.39, 0.29) is 12.6 Å². The molecule has 5 nitrogen and oxygen atoms in total. The Hall–Kier alpha value is -1.55. The lowest BCUT2D eigenvalue weighted by Crippen LogP contribution is -2.50. The monoisotopic (exact) mass is 348 g/mol. The van der Waals surface area contributed by atoms with E-state index in [0.717, 1.165) is 44.9 Å². The van der Waals surface area contributed by atoms with Crippen molar-refractivity contribution in [1.29, 1.82) is 0 Å². The van der Waals surface area contributed by atoms with Crippen molar-refractivity contribution in [2.24, 2.45) is 0 Å². The molecule has 2 fully saturated rings. The molecule has 130 valence electrons. The Morgan fingerprint density at radius 1 is 1.17 bits per heavy atom. The molecule has 3 rings (SSSR count). The molecule has 1 atom stereocenters. The first kappa shape index (κ1) is 17.3. The van der Waals surface area contributed by atoms with Gasteiger partial charge in [-0.15, -0.1) is 6.42 Å². The fourth-order valence-corrected chi connectivity index (χ4v) is 5.19. The number of piperazine rings is 1. The van der Waals surface area contributed by atoms with Gasteiger partial charge in [-0.1, -0.05) is 18.1 Å². The van der Waals surface area contributed by atoms with Gasteiger partial charge in [0.1, 0.15) is 12.4 Å². The van der Waals surface area contributed by atoms with Gasteiger partial charge in [0.2, 0.25) is 0 Å². The molecule has 0 aromatic heterocycles. The van der Waals surface area contributed by atoms with Gasteiger partial charge in [0.15, 0.2) is 9.84 Å². The average molecular weight is 348 g/mol. The predicted octanol–water partition coefficient (Wildman–Crippen LogP) is 1.00. The minimum atomic E-state index is -2.80. The summed E-state index contributed by atoms with van der Waals surface area (Å²) in [5.41, 5.74) is 1.25. The van der Waals surface area contributed by atoms with Crippen LogP contribution in [0.3, 0.4) is 0 Å². The Morgan fingerprint density at radius 3 is 2.46 bits per heavy atom. The van der Waals surface area contributed by atoms with E-state index in [1.165, 1.54) is 5.56 Å². The van der Waals surface area contributed by atoms with Crippen LogP contribution in [0.5, 0.6) is 5.75 Å². The molecule has 0 saturated carbocycles. The topological polar surface area (TPSA) is 49.9 Å². The molecule has 2 saturated heterocycles. The van der Waals surface area contributed by atoms with Crippen molar-refractivity contribution in [3.05, 3.63) is 29.8 Å². The molecule has 0 spiro atoms. The van der Waals surface area contributed by atoms with Crippen molar-refractivity contribution < 1.29 is 13.2 Å². The molecular formula is C18H24N2O3S. The Morgan fingerprint density at radius 2 is 1.88 bits per heavy atom. The van der Waals surface area contributed by atoms with Crippen LogP contribution in [-0.4, -0.2) is 68.6 Å². The molecule has 0 radical (unpaired) electrons. The fraction of sp³-hybridized carbons (Fsp3) is 0.556. The third-order valence-corrected chi connectivity index (χ3v) is 6.53. The molecule has 0 aliphatic carbocycles. The van der Waals surface area contributed by atoms with E-state index in [1.807, 2.05) is 12.1 Å². The van der Waals surface area contributed by atoms with Crippen molar-refractivity contribution >= 4 is 9.84 Å². The first-order valence-electron chi connectivity index (χ1n) is 8.38. The van der Waals surface area contributed by atoms with E-state index in [4.69, 9.17) is 11.2 Å². The average Bonchev–Trinajstić information content (AvgIpc) is 2.95. The minimum Gasteiger partial charge on any atom is -0.481 e. The van der Waals surface area contributed by atoms with E-state index in [9.17, 15) is 8.42 Å². The van der Waals surface area contributed by atoms with Gasteiger partial charge >= 0.3 is 0 Å². The summed E-state index contributed by atoms with van der Waals surface area (Å²) in [6.07, 6.45) is 5.98. The zero-order valence-corrected chi connectivity index (χ0v) is 14.7. The summed E-state index contributed by atoms with van der Waals surface area (Å²) in [5.74, 6) is 3.94. The highest BCUT2D eigenvalue weighted by Crippen LogP contribution is 2.20. The van der Waals surface area contributed by atoms with Crippen molar-refractivity contribution in [1.82, 2.24) is 9.80 Å². The van der Waals surface area contributed by atoms with Crippen molar-refractivity contribution in [3.63, 3.8) is 0 Å². The Bertz CT molecular complexity index is 686. The van der Waals surface area contributed by atoms with Gasteiger partial charge in [-0.25, -0.2) is 8.42 Å². The van der Waals surface area contributed by atoms with Crippen LogP contribution in [0.25, 0.3) is 0 Å². The summed E-state index contributed by atoms with van der Waals surface area (Å²) >= 11 is 0. The van der Waals surface area contributed by atoms with Crippen LogP contribution in [-0.2, 0) is 16.4 Å². The zero-order chi connectivity index (χ0) is 17.0. The fourth-order valence-electron chi connectivity index (χ4n) is 3.42. The lowest BCUT2D eigenvalue weighted by Gasteiger charge is -2.37. The Balaban J connectivity index is 1.46. The van der Waals surface area contributed by atoms with Crippen LogP contribution in [0, 0.1) is 12.3 Å². The second-order valence-corrected chi connectivity index (χ2v) is 8.73. The second kappa shape index (κ2) is 7.56. The third kappa shape index (κ3) is 4.50. The Kier molecular flexibility index (Phi) is 5.44. The van der Waals surface area contributed by atoms with Crippen LogP contribution in [0.4, 0.5) is 0 Å². The van der Waals surface area contributed by atoms with Crippen molar-refractivity contribution in [3.8, 4) is 18.1 Å². The maximum atomic E-state index is 11.6. The maximum Gasteiger partial charge on any atom is 0.151 e. The van der Waals surface area contributed by atoms with Gasteiger partial charge in [0.05, 0.1) is 11.5 Å². The van der Waals surface area contributed by atoms with E-state index in [0.29, 0.717) is 11.5 Å². The highest BCUT2D eigenvalue weighted by atomic mass is 32.2. The summed E-state index contributed by atoms with van der Waals surface area (Å²) in [5, 5.41) is 0. The van der Waals surface area contributed by atoms with Crippen LogP contribution in [0.2, 0.25) is 0 Å². The first-order chi connectivity index (χ1) is 11.6. The van der Waals surface area contributed by atoms with Crippen LogP contribution in [0.1, 0.15) is 12.0 Å². The molecule has 0 bridgehead atoms. The summed E-state index contributed by atoms with van der Waals surface area (Å²) in [7, 11) is -2.80.